The second-order valence-electron chi connectivity index (χ2n) is 7.35. The van der Waals surface area contributed by atoms with Crippen LogP contribution >= 0.6 is 0 Å². The molecule has 7 nitrogen and oxygen atoms in total. The first kappa shape index (κ1) is 18.8. The summed E-state index contributed by atoms with van der Waals surface area (Å²) in [6.45, 7) is 6.41. The lowest BCUT2D eigenvalue weighted by Gasteiger charge is -2.29. The lowest BCUT2D eigenvalue weighted by atomic mass is 9.91. The fourth-order valence-corrected chi connectivity index (χ4v) is 3.33. The number of aromatic nitrogens is 3. The first-order valence-electron chi connectivity index (χ1n) is 9.31. The minimum absolute atomic E-state index is 0.0223. The Bertz CT molecular complexity index is 695. The highest BCUT2D eigenvalue weighted by atomic mass is 16.5. The minimum Gasteiger partial charge on any atom is -0.381 e. The summed E-state index contributed by atoms with van der Waals surface area (Å²) in [6, 6.07) is 2.05. The van der Waals surface area contributed by atoms with Crippen molar-refractivity contribution in [3.05, 3.63) is 35.7 Å². The molecule has 1 aliphatic heterocycles. The van der Waals surface area contributed by atoms with Crippen LogP contribution in [0.4, 0.5) is 5.69 Å². The summed E-state index contributed by atoms with van der Waals surface area (Å²) in [6.07, 6.45) is 5.72. The van der Waals surface area contributed by atoms with Gasteiger partial charge in [-0.3, -0.25) is 4.98 Å². The lowest BCUT2D eigenvalue weighted by Crippen LogP contribution is -2.32. The molecule has 0 bridgehead atoms. The van der Waals surface area contributed by atoms with E-state index in [1.165, 1.54) is 0 Å². The summed E-state index contributed by atoms with van der Waals surface area (Å²) in [5, 5.41) is 7.81. The summed E-state index contributed by atoms with van der Waals surface area (Å²) in [5.74, 6) is 2.11. The van der Waals surface area contributed by atoms with Gasteiger partial charge in [-0.25, -0.2) is 0 Å². The highest BCUT2D eigenvalue weighted by Gasteiger charge is 2.30. The van der Waals surface area contributed by atoms with Crippen LogP contribution in [0.1, 0.15) is 55.9 Å². The number of nitrogens with zero attached hydrogens (tertiary/aromatic N) is 4. The van der Waals surface area contributed by atoms with Crippen LogP contribution in [0.3, 0.4) is 0 Å². The van der Waals surface area contributed by atoms with E-state index < -0.39 is 0 Å². The Kier molecular flexibility index (Phi) is 6.21. The minimum atomic E-state index is 0.0223. The standard InChI is InChI=1S/C19H29N5O2/c1-13(2)18-22-19(26-23-18)17(14-6-9-25-10-7-14)21-12-15-11-20-8-5-16(15)24(3)4/h5,8,11,13-14,17,21H,6-7,9-10,12H2,1-4H3. The largest absolute Gasteiger partial charge is 0.381 e. The Hall–Kier alpha value is -1.99. The van der Waals surface area contributed by atoms with Gasteiger partial charge in [-0.1, -0.05) is 19.0 Å². The molecule has 1 atom stereocenters. The molecule has 1 aliphatic rings. The molecule has 142 valence electrons. The quantitative estimate of drug-likeness (QED) is 0.814. The molecule has 1 N–H and O–H groups in total. The zero-order chi connectivity index (χ0) is 18.5. The summed E-state index contributed by atoms with van der Waals surface area (Å²) in [4.78, 5) is 11.0. The van der Waals surface area contributed by atoms with Gasteiger partial charge in [0.05, 0.1) is 6.04 Å². The predicted octanol–water partition coefficient (Wildman–Crippen LogP) is 2.91. The molecule has 0 amide bonds. The van der Waals surface area contributed by atoms with Crippen LogP contribution in [0.15, 0.2) is 23.0 Å². The molecule has 2 aromatic heterocycles. The molecule has 3 rings (SSSR count). The van der Waals surface area contributed by atoms with Crippen molar-refractivity contribution in [2.24, 2.45) is 5.92 Å². The smallest absolute Gasteiger partial charge is 0.244 e. The molecule has 0 radical (unpaired) electrons. The van der Waals surface area contributed by atoms with Crippen LogP contribution in [0, 0.1) is 5.92 Å². The zero-order valence-electron chi connectivity index (χ0n) is 16.1. The molecule has 0 aromatic carbocycles. The van der Waals surface area contributed by atoms with Gasteiger partial charge in [0.1, 0.15) is 0 Å². The van der Waals surface area contributed by atoms with E-state index in [2.05, 4.69) is 39.2 Å². The lowest BCUT2D eigenvalue weighted by molar-refractivity contribution is 0.0485. The Morgan fingerprint density at radius 3 is 2.69 bits per heavy atom. The molecule has 0 saturated carbocycles. The highest BCUT2D eigenvalue weighted by molar-refractivity contribution is 5.50. The monoisotopic (exact) mass is 359 g/mol. The van der Waals surface area contributed by atoms with Crippen molar-refractivity contribution < 1.29 is 9.26 Å². The molecular weight excluding hydrogens is 330 g/mol. The van der Waals surface area contributed by atoms with E-state index in [1.54, 1.807) is 0 Å². The van der Waals surface area contributed by atoms with Crippen LogP contribution < -0.4 is 10.2 Å². The van der Waals surface area contributed by atoms with Crippen LogP contribution in [0.5, 0.6) is 0 Å². The van der Waals surface area contributed by atoms with Crippen LogP contribution in [0.25, 0.3) is 0 Å². The maximum atomic E-state index is 5.62. The molecule has 26 heavy (non-hydrogen) atoms. The van der Waals surface area contributed by atoms with Gasteiger partial charge in [-0.15, -0.1) is 0 Å². The van der Waals surface area contributed by atoms with E-state index in [-0.39, 0.29) is 12.0 Å². The first-order chi connectivity index (χ1) is 12.6. The Morgan fingerprint density at radius 2 is 2.04 bits per heavy atom. The van der Waals surface area contributed by atoms with E-state index in [0.717, 1.165) is 43.1 Å². The van der Waals surface area contributed by atoms with Gasteiger partial charge in [0.15, 0.2) is 5.82 Å². The van der Waals surface area contributed by atoms with Gasteiger partial charge in [0.25, 0.3) is 0 Å². The number of rotatable bonds is 7. The third-order valence-electron chi connectivity index (χ3n) is 4.85. The molecular formula is C19H29N5O2. The van der Waals surface area contributed by atoms with Gasteiger partial charge in [-0.05, 0) is 24.8 Å². The van der Waals surface area contributed by atoms with Crippen molar-refractivity contribution in [3.8, 4) is 0 Å². The fraction of sp³-hybridized carbons (Fsp3) is 0.632. The van der Waals surface area contributed by atoms with E-state index in [1.807, 2.05) is 32.6 Å². The average Bonchev–Trinajstić information content (AvgIpc) is 3.13. The van der Waals surface area contributed by atoms with E-state index in [9.17, 15) is 0 Å². The molecule has 2 aromatic rings. The average molecular weight is 359 g/mol. The van der Waals surface area contributed by atoms with Crippen molar-refractivity contribution in [1.82, 2.24) is 20.4 Å². The first-order valence-corrected chi connectivity index (χ1v) is 9.31. The number of pyridine rings is 1. The third-order valence-corrected chi connectivity index (χ3v) is 4.85. The Morgan fingerprint density at radius 1 is 1.27 bits per heavy atom. The normalized spacial score (nSPS) is 16.8. The van der Waals surface area contributed by atoms with Gasteiger partial charge >= 0.3 is 0 Å². The van der Waals surface area contributed by atoms with Crippen molar-refractivity contribution in [2.75, 3.05) is 32.2 Å². The molecule has 1 fully saturated rings. The van der Waals surface area contributed by atoms with E-state index in [4.69, 9.17) is 9.26 Å². The zero-order valence-corrected chi connectivity index (χ0v) is 16.1. The summed E-state index contributed by atoms with van der Waals surface area (Å²) in [7, 11) is 4.09. The Balaban J connectivity index is 1.79. The highest BCUT2D eigenvalue weighted by Crippen LogP contribution is 2.30. The molecule has 1 saturated heterocycles. The van der Waals surface area contributed by atoms with Gasteiger partial charge in [-0.2, -0.15) is 4.98 Å². The Labute approximate surface area is 155 Å². The fourth-order valence-electron chi connectivity index (χ4n) is 3.33. The van der Waals surface area contributed by atoms with E-state index in [0.29, 0.717) is 18.4 Å². The third kappa shape index (κ3) is 4.40. The maximum Gasteiger partial charge on any atom is 0.244 e. The molecule has 3 heterocycles. The molecule has 0 spiro atoms. The van der Waals surface area contributed by atoms with Crippen LogP contribution in [0.2, 0.25) is 0 Å². The van der Waals surface area contributed by atoms with Crippen LogP contribution in [-0.2, 0) is 11.3 Å². The second-order valence-corrected chi connectivity index (χ2v) is 7.35. The van der Waals surface area contributed by atoms with Crippen molar-refractivity contribution in [2.45, 2.75) is 45.2 Å². The number of hydrogen-bond donors (Lipinski definition) is 1. The number of anilines is 1. The SMILES string of the molecule is CC(C)c1noc(C(NCc2cnccc2N(C)C)C2CCOCC2)n1. The van der Waals surface area contributed by atoms with Gasteiger partial charge < -0.3 is 19.5 Å². The van der Waals surface area contributed by atoms with Crippen molar-refractivity contribution in [3.63, 3.8) is 0 Å². The van der Waals surface area contributed by atoms with Gasteiger partial charge in [0.2, 0.25) is 5.89 Å². The molecule has 1 unspecified atom stereocenters. The van der Waals surface area contributed by atoms with Crippen molar-refractivity contribution in [1.29, 1.82) is 0 Å². The summed E-state index contributed by atoms with van der Waals surface area (Å²) >= 11 is 0. The van der Waals surface area contributed by atoms with Crippen molar-refractivity contribution >= 4 is 5.69 Å². The summed E-state index contributed by atoms with van der Waals surface area (Å²) < 4.78 is 11.1. The number of hydrogen-bond acceptors (Lipinski definition) is 7. The number of ether oxygens (including phenoxy) is 1. The van der Waals surface area contributed by atoms with Crippen LogP contribution in [-0.4, -0.2) is 42.4 Å². The molecule has 0 aliphatic carbocycles. The van der Waals surface area contributed by atoms with E-state index >= 15 is 0 Å². The molecule has 7 heteroatoms. The number of nitrogens with one attached hydrogen (secondary N) is 1. The second kappa shape index (κ2) is 8.60. The predicted molar refractivity (Wildman–Crippen MR) is 100 cm³/mol. The summed E-state index contributed by atoms with van der Waals surface area (Å²) in [5.41, 5.74) is 2.31. The van der Waals surface area contributed by atoms with Gasteiger partial charge in [0, 0.05) is 63.4 Å². The topological polar surface area (TPSA) is 76.3 Å². The maximum absolute atomic E-state index is 5.62.